The first-order valence-corrected chi connectivity index (χ1v) is 7.46. The molecular formula is C17H18O2S. The van der Waals surface area contributed by atoms with Crippen molar-refractivity contribution in [2.24, 2.45) is 0 Å². The summed E-state index contributed by atoms with van der Waals surface area (Å²) in [4.78, 5) is 12.9. The zero-order valence-corrected chi connectivity index (χ0v) is 12.4. The second-order valence-corrected chi connectivity index (χ2v) is 5.68. The highest BCUT2D eigenvalue weighted by molar-refractivity contribution is 7.10. The number of esters is 1. The minimum absolute atomic E-state index is 0.203. The molecule has 0 saturated carbocycles. The third-order valence-corrected chi connectivity index (χ3v) is 4.00. The molecule has 0 fully saturated rings. The molecule has 0 N–H and O–H groups in total. The van der Waals surface area contributed by atoms with Crippen LogP contribution < -0.4 is 0 Å². The quantitative estimate of drug-likeness (QED) is 0.594. The van der Waals surface area contributed by atoms with Crippen LogP contribution >= 0.6 is 11.3 Å². The first-order chi connectivity index (χ1) is 9.69. The Kier molecular flexibility index (Phi) is 5.13. The third kappa shape index (κ3) is 4.07. The van der Waals surface area contributed by atoms with E-state index in [-0.39, 0.29) is 12.1 Å². The van der Waals surface area contributed by atoms with E-state index in [1.807, 2.05) is 29.6 Å². The molecule has 1 aromatic carbocycles. The molecule has 1 atom stereocenters. The van der Waals surface area contributed by atoms with Gasteiger partial charge in [0, 0.05) is 11.3 Å². The lowest BCUT2D eigenvalue weighted by Crippen LogP contribution is -2.19. The van der Waals surface area contributed by atoms with Crippen LogP contribution in [0.1, 0.15) is 16.0 Å². The van der Waals surface area contributed by atoms with Gasteiger partial charge in [0.15, 0.2) is 0 Å². The van der Waals surface area contributed by atoms with E-state index >= 15 is 0 Å². The number of aryl methyl sites for hydroxylation is 1. The summed E-state index contributed by atoms with van der Waals surface area (Å²) < 4.78 is 5.48. The number of carbonyl (C=O) groups excluding carboxylic acids is 1. The number of hydrogen-bond acceptors (Lipinski definition) is 3. The second kappa shape index (κ2) is 7.06. The van der Waals surface area contributed by atoms with Crippen molar-refractivity contribution in [2.75, 3.05) is 0 Å². The Labute approximate surface area is 123 Å². The maximum absolute atomic E-state index is 11.9. The Morgan fingerprint density at radius 1 is 1.35 bits per heavy atom. The number of thiophene rings is 1. The minimum atomic E-state index is -0.274. The van der Waals surface area contributed by atoms with Gasteiger partial charge >= 0.3 is 5.97 Å². The number of benzene rings is 1. The average molecular weight is 286 g/mol. The van der Waals surface area contributed by atoms with Crippen LogP contribution in [0.4, 0.5) is 0 Å². The molecule has 0 amide bonds. The van der Waals surface area contributed by atoms with Crippen LogP contribution in [0.3, 0.4) is 0 Å². The van der Waals surface area contributed by atoms with Gasteiger partial charge in [-0.3, -0.25) is 4.79 Å². The van der Waals surface area contributed by atoms with Crippen molar-refractivity contribution in [3.63, 3.8) is 0 Å². The van der Waals surface area contributed by atoms with Gasteiger partial charge in [0.2, 0.25) is 0 Å². The number of ether oxygens (including phenoxy) is 1. The second-order valence-electron chi connectivity index (χ2n) is 4.65. The molecule has 0 bridgehead atoms. The molecule has 0 aliphatic heterocycles. The highest BCUT2D eigenvalue weighted by Gasteiger charge is 2.13. The Morgan fingerprint density at radius 3 is 2.80 bits per heavy atom. The van der Waals surface area contributed by atoms with Gasteiger partial charge in [-0.2, -0.15) is 0 Å². The van der Waals surface area contributed by atoms with Crippen molar-refractivity contribution in [2.45, 2.75) is 25.9 Å². The van der Waals surface area contributed by atoms with E-state index in [2.05, 4.69) is 25.6 Å². The summed E-state index contributed by atoms with van der Waals surface area (Å²) in [7, 11) is 0. The molecular weight excluding hydrogens is 268 g/mol. The van der Waals surface area contributed by atoms with Crippen LogP contribution in [0.2, 0.25) is 0 Å². The number of hydrogen-bond donors (Lipinski definition) is 0. The Morgan fingerprint density at radius 2 is 2.15 bits per heavy atom. The van der Waals surface area contributed by atoms with Crippen LogP contribution in [0.15, 0.2) is 54.4 Å². The van der Waals surface area contributed by atoms with Crippen LogP contribution in [-0.4, -0.2) is 12.1 Å². The summed E-state index contributed by atoms with van der Waals surface area (Å²) >= 11 is 1.57. The molecule has 0 radical (unpaired) electrons. The van der Waals surface area contributed by atoms with Crippen LogP contribution in [0.25, 0.3) is 0 Å². The third-order valence-electron chi connectivity index (χ3n) is 3.13. The molecule has 0 aliphatic carbocycles. The normalized spacial score (nSPS) is 11.8. The predicted molar refractivity (Wildman–Crippen MR) is 83.0 cm³/mol. The summed E-state index contributed by atoms with van der Waals surface area (Å²) in [5.74, 6) is -0.203. The zero-order chi connectivity index (χ0) is 14.4. The van der Waals surface area contributed by atoms with Crippen molar-refractivity contribution in [3.05, 3.63) is 70.4 Å². The zero-order valence-electron chi connectivity index (χ0n) is 11.5. The number of carbonyl (C=O) groups is 1. The maximum Gasteiger partial charge on any atom is 0.311 e. The Bertz CT molecular complexity index is 572. The molecule has 0 saturated heterocycles. The van der Waals surface area contributed by atoms with E-state index in [9.17, 15) is 4.79 Å². The SMILES string of the molecule is C=C[C@@H](Cc1ccccc1C)OC(=O)Cc1cccs1. The van der Waals surface area contributed by atoms with Gasteiger partial charge in [0.1, 0.15) is 6.10 Å². The Hall–Kier alpha value is -1.87. The average Bonchev–Trinajstić information content (AvgIpc) is 2.93. The largest absolute Gasteiger partial charge is 0.458 e. The van der Waals surface area contributed by atoms with Gasteiger partial charge in [-0.25, -0.2) is 0 Å². The van der Waals surface area contributed by atoms with Crippen molar-refractivity contribution in [3.8, 4) is 0 Å². The Balaban J connectivity index is 1.94. The maximum atomic E-state index is 11.9. The molecule has 0 unspecified atom stereocenters. The fraction of sp³-hybridized carbons (Fsp3) is 0.235. The van der Waals surface area contributed by atoms with Gasteiger partial charge in [-0.15, -0.1) is 11.3 Å². The fourth-order valence-electron chi connectivity index (χ4n) is 1.99. The summed E-state index contributed by atoms with van der Waals surface area (Å²) in [6.45, 7) is 5.82. The van der Waals surface area contributed by atoms with Gasteiger partial charge in [0.05, 0.1) is 6.42 Å². The van der Waals surface area contributed by atoms with Crippen LogP contribution in [0.5, 0.6) is 0 Å². The van der Waals surface area contributed by atoms with E-state index in [1.54, 1.807) is 17.4 Å². The summed E-state index contributed by atoms with van der Waals surface area (Å²) in [6.07, 6.45) is 2.42. The molecule has 104 valence electrons. The van der Waals surface area contributed by atoms with E-state index in [0.29, 0.717) is 12.8 Å². The van der Waals surface area contributed by atoms with Gasteiger partial charge in [-0.1, -0.05) is 43.0 Å². The van der Waals surface area contributed by atoms with Gasteiger partial charge < -0.3 is 4.74 Å². The summed E-state index contributed by atoms with van der Waals surface area (Å²) in [5, 5.41) is 1.96. The first-order valence-electron chi connectivity index (χ1n) is 6.58. The molecule has 20 heavy (non-hydrogen) atoms. The predicted octanol–water partition coefficient (Wildman–Crippen LogP) is 3.94. The van der Waals surface area contributed by atoms with Crippen LogP contribution in [-0.2, 0) is 22.4 Å². The van der Waals surface area contributed by atoms with Gasteiger partial charge in [-0.05, 0) is 29.5 Å². The molecule has 1 heterocycles. The molecule has 2 nitrogen and oxygen atoms in total. The highest BCUT2D eigenvalue weighted by atomic mass is 32.1. The molecule has 0 aliphatic rings. The summed E-state index contributed by atoms with van der Waals surface area (Å²) in [6, 6.07) is 12.0. The summed E-state index contributed by atoms with van der Waals surface area (Å²) in [5.41, 5.74) is 2.38. The van der Waals surface area contributed by atoms with Crippen molar-refractivity contribution >= 4 is 17.3 Å². The smallest absolute Gasteiger partial charge is 0.311 e. The highest BCUT2D eigenvalue weighted by Crippen LogP contribution is 2.14. The molecule has 3 heteroatoms. The number of rotatable bonds is 6. The topological polar surface area (TPSA) is 26.3 Å². The molecule has 0 spiro atoms. The fourth-order valence-corrected chi connectivity index (χ4v) is 2.69. The van der Waals surface area contributed by atoms with Crippen LogP contribution in [0, 0.1) is 6.92 Å². The van der Waals surface area contributed by atoms with E-state index < -0.39 is 0 Å². The van der Waals surface area contributed by atoms with Crippen molar-refractivity contribution in [1.82, 2.24) is 0 Å². The van der Waals surface area contributed by atoms with E-state index in [0.717, 1.165) is 4.88 Å². The lowest BCUT2D eigenvalue weighted by molar-refractivity contribution is -0.145. The lowest BCUT2D eigenvalue weighted by Gasteiger charge is -2.15. The molecule has 2 aromatic rings. The monoisotopic (exact) mass is 286 g/mol. The van der Waals surface area contributed by atoms with Crippen molar-refractivity contribution < 1.29 is 9.53 Å². The molecule has 2 rings (SSSR count). The van der Waals surface area contributed by atoms with E-state index in [4.69, 9.17) is 4.74 Å². The minimum Gasteiger partial charge on any atom is -0.458 e. The van der Waals surface area contributed by atoms with Gasteiger partial charge in [0.25, 0.3) is 0 Å². The van der Waals surface area contributed by atoms with E-state index in [1.165, 1.54) is 11.1 Å². The lowest BCUT2D eigenvalue weighted by atomic mass is 10.0. The first kappa shape index (κ1) is 14.5. The molecule has 1 aromatic heterocycles. The standard InChI is InChI=1S/C17H18O2S/c1-3-15(11-14-8-5-4-7-13(14)2)19-17(18)12-16-9-6-10-20-16/h3-10,15H,1,11-12H2,2H3/t15-/m0/s1. The van der Waals surface area contributed by atoms with Crippen molar-refractivity contribution in [1.29, 1.82) is 0 Å².